The minimum Gasteiger partial charge on any atom is -0.376 e. The summed E-state index contributed by atoms with van der Waals surface area (Å²) >= 11 is 0. The Morgan fingerprint density at radius 3 is 2.46 bits per heavy atom. The molecule has 0 unspecified atom stereocenters. The Kier molecular flexibility index (Phi) is 5.46. The van der Waals surface area contributed by atoms with E-state index in [1.807, 2.05) is 4.90 Å². The van der Waals surface area contributed by atoms with Crippen LogP contribution in [0.3, 0.4) is 0 Å². The zero-order chi connectivity index (χ0) is 18.5. The maximum atomic E-state index is 13.2. The molecule has 7 heteroatoms. The molecule has 136 valence electrons. The van der Waals surface area contributed by atoms with Crippen molar-refractivity contribution in [2.75, 3.05) is 30.3 Å². The molecule has 2 aromatic rings. The Morgan fingerprint density at radius 1 is 0.962 bits per heavy atom. The minimum atomic E-state index is -1.02. The van der Waals surface area contributed by atoms with Crippen LogP contribution in [-0.4, -0.2) is 36.3 Å². The number of amides is 2. The van der Waals surface area contributed by atoms with Crippen molar-refractivity contribution in [3.8, 4) is 0 Å². The van der Waals surface area contributed by atoms with Gasteiger partial charge >= 0.3 is 0 Å². The van der Waals surface area contributed by atoms with Gasteiger partial charge in [0.1, 0.15) is 0 Å². The van der Waals surface area contributed by atoms with Crippen molar-refractivity contribution in [3.63, 3.8) is 0 Å². The van der Waals surface area contributed by atoms with Crippen molar-refractivity contribution in [2.45, 2.75) is 12.8 Å². The molecule has 3 rings (SSSR count). The van der Waals surface area contributed by atoms with Gasteiger partial charge in [0.25, 0.3) is 5.91 Å². The van der Waals surface area contributed by atoms with Crippen molar-refractivity contribution in [1.29, 1.82) is 0 Å². The highest BCUT2D eigenvalue weighted by molar-refractivity contribution is 5.96. The predicted octanol–water partition coefficient (Wildman–Crippen LogP) is 3.25. The van der Waals surface area contributed by atoms with Crippen molar-refractivity contribution in [1.82, 2.24) is 4.90 Å². The second-order valence-corrected chi connectivity index (χ2v) is 6.11. The van der Waals surface area contributed by atoms with Crippen molar-refractivity contribution < 1.29 is 18.4 Å². The number of benzene rings is 2. The van der Waals surface area contributed by atoms with Gasteiger partial charge in [0.15, 0.2) is 11.6 Å². The van der Waals surface area contributed by atoms with Crippen LogP contribution >= 0.6 is 0 Å². The lowest BCUT2D eigenvalue weighted by Crippen LogP contribution is -2.27. The highest BCUT2D eigenvalue weighted by Gasteiger charge is 2.19. The summed E-state index contributed by atoms with van der Waals surface area (Å²) in [5.41, 5.74) is 1.38. The molecule has 2 aromatic carbocycles. The number of hydrogen-bond acceptors (Lipinski definition) is 3. The predicted molar refractivity (Wildman–Crippen MR) is 95.1 cm³/mol. The van der Waals surface area contributed by atoms with Crippen LogP contribution in [0.4, 0.5) is 20.2 Å². The molecule has 0 aromatic heterocycles. The molecule has 0 saturated carbocycles. The summed E-state index contributed by atoms with van der Waals surface area (Å²) in [4.78, 5) is 26.1. The summed E-state index contributed by atoms with van der Waals surface area (Å²) in [6, 6.07) is 10.1. The second-order valence-electron chi connectivity index (χ2n) is 6.11. The molecule has 0 radical (unpaired) electrons. The van der Waals surface area contributed by atoms with Gasteiger partial charge in [-0.25, -0.2) is 8.78 Å². The third-order valence-corrected chi connectivity index (χ3v) is 4.16. The van der Waals surface area contributed by atoms with Crippen molar-refractivity contribution in [3.05, 3.63) is 59.7 Å². The number of carbonyl (C=O) groups is 2. The van der Waals surface area contributed by atoms with E-state index in [1.54, 1.807) is 24.3 Å². The van der Waals surface area contributed by atoms with Gasteiger partial charge in [0, 0.05) is 36.1 Å². The first kappa shape index (κ1) is 17.8. The van der Waals surface area contributed by atoms with Gasteiger partial charge in [0.2, 0.25) is 5.91 Å². The fourth-order valence-corrected chi connectivity index (χ4v) is 2.83. The van der Waals surface area contributed by atoms with Gasteiger partial charge in [0.05, 0.1) is 6.54 Å². The Hall–Kier alpha value is -2.96. The molecular weight excluding hydrogens is 340 g/mol. The van der Waals surface area contributed by atoms with Crippen LogP contribution in [0.15, 0.2) is 42.5 Å². The third kappa shape index (κ3) is 4.36. The van der Waals surface area contributed by atoms with E-state index in [2.05, 4.69) is 10.6 Å². The second kappa shape index (κ2) is 7.95. The van der Waals surface area contributed by atoms with Crippen LogP contribution in [-0.2, 0) is 4.79 Å². The van der Waals surface area contributed by atoms with Crippen LogP contribution < -0.4 is 10.6 Å². The van der Waals surface area contributed by atoms with Crippen LogP contribution in [0, 0.1) is 11.6 Å². The van der Waals surface area contributed by atoms with Crippen LogP contribution in [0.1, 0.15) is 23.2 Å². The lowest BCUT2D eigenvalue weighted by atomic mass is 10.1. The molecule has 2 N–H and O–H groups in total. The number of anilines is 2. The summed E-state index contributed by atoms with van der Waals surface area (Å²) in [6.45, 7) is 1.47. The van der Waals surface area contributed by atoms with Gasteiger partial charge in [-0.1, -0.05) is 6.07 Å². The van der Waals surface area contributed by atoms with Gasteiger partial charge in [-0.3, -0.25) is 9.59 Å². The highest BCUT2D eigenvalue weighted by atomic mass is 19.2. The largest absolute Gasteiger partial charge is 0.376 e. The lowest BCUT2D eigenvalue weighted by molar-refractivity contribution is -0.114. The van der Waals surface area contributed by atoms with E-state index in [0.717, 1.165) is 38.1 Å². The van der Waals surface area contributed by atoms with Crippen molar-refractivity contribution in [2.24, 2.45) is 0 Å². The van der Waals surface area contributed by atoms with E-state index in [9.17, 15) is 18.4 Å². The standard InChI is InChI=1S/C19H19F2N3O2/c20-16-7-6-15(11-17(16)21)23-18(25)12-22-14-5-3-4-13(10-14)19(26)24-8-1-2-9-24/h3-7,10-11,22H,1-2,8-9,12H2,(H,23,25). The molecule has 0 aliphatic carbocycles. The summed E-state index contributed by atoms with van der Waals surface area (Å²) in [5.74, 6) is -2.42. The molecule has 0 spiro atoms. The Bertz CT molecular complexity index is 820. The van der Waals surface area contributed by atoms with E-state index in [4.69, 9.17) is 0 Å². The van der Waals surface area contributed by atoms with E-state index in [-0.39, 0.29) is 18.1 Å². The molecule has 5 nitrogen and oxygen atoms in total. The molecule has 0 bridgehead atoms. The monoisotopic (exact) mass is 359 g/mol. The van der Waals surface area contributed by atoms with E-state index >= 15 is 0 Å². The number of halogens is 2. The number of carbonyl (C=O) groups excluding carboxylic acids is 2. The molecule has 1 aliphatic heterocycles. The van der Waals surface area contributed by atoms with Gasteiger partial charge < -0.3 is 15.5 Å². The first-order valence-corrected chi connectivity index (χ1v) is 8.41. The van der Waals surface area contributed by atoms with E-state index in [0.29, 0.717) is 11.3 Å². The molecule has 1 saturated heterocycles. The van der Waals surface area contributed by atoms with Gasteiger partial charge in [-0.05, 0) is 43.2 Å². The molecule has 1 fully saturated rings. The SMILES string of the molecule is O=C(CNc1cccc(C(=O)N2CCCC2)c1)Nc1ccc(F)c(F)c1. The number of likely N-dealkylation sites (tertiary alicyclic amines) is 1. The summed E-state index contributed by atoms with van der Waals surface area (Å²) in [6.07, 6.45) is 2.04. The Morgan fingerprint density at radius 2 is 1.73 bits per heavy atom. The molecular formula is C19H19F2N3O2. The minimum absolute atomic E-state index is 0.0163. The first-order chi connectivity index (χ1) is 12.5. The zero-order valence-electron chi connectivity index (χ0n) is 14.1. The van der Waals surface area contributed by atoms with E-state index < -0.39 is 17.5 Å². The quantitative estimate of drug-likeness (QED) is 0.862. The fraction of sp³-hybridized carbons (Fsp3) is 0.263. The maximum absolute atomic E-state index is 13.2. The maximum Gasteiger partial charge on any atom is 0.253 e. The molecule has 2 amide bonds. The topological polar surface area (TPSA) is 61.4 Å². The van der Waals surface area contributed by atoms with Gasteiger partial charge in [-0.2, -0.15) is 0 Å². The number of nitrogens with zero attached hydrogens (tertiary/aromatic N) is 1. The molecule has 1 heterocycles. The number of nitrogens with one attached hydrogen (secondary N) is 2. The summed E-state index contributed by atoms with van der Waals surface area (Å²) in [5, 5.41) is 5.40. The average molecular weight is 359 g/mol. The molecule has 26 heavy (non-hydrogen) atoms. The summed E-state index contributed by atoms with van der Waals surface area (Å²) in [7, 11) is 0. The average Bonchev–Trinajstić information content (AvgIpc) is 3.17. The smallest absolute Gasteiger partial charge is 0.253 e. The zero-order valence-corrected chi connectivity index (χ0v) is 14.1. The van der Waals surface area contributed by atoms with Crippen LogP contribution in [0.2, 0.25) is 0 Å². The lowest BCUT2D eigenvalue weighted by Gasteiger charge is -2.16. The Labute approximate surface area is 150 Å². The number of hydrogen-bond donors (Lipinski definition) is 2. The van der Waals surface area contributed by atoms with Crippen LogP contribution in [0.5, 0.6) is 0 Å². The van der Waals surface area contributed by atoms with Crippen LogP contribution in [0.25, 0.3) is 0 Å². The highest BCUT2D eigenvalue weighted by Crippen LogP contribution is 2.17. The van der Waals surface area contributed by atoms with Gasteiger partial charge in [-0.15, -0.1) is 0 Å². The molecule has 0 atom stereocenters. The molecule has 1 aliphatic rings. The third-order valence-electron chi connectivity index (χ3n) is 4.16. The normalized spacial score (nSPS) is 13.5. The van der Waals surface area contributed by atoms with Crippen molar-refractivity contribution >= 4 is 23.2 Å². The Balaban J connectivity index is 1.57. The fourth-order valence-electron chi connectivity index (χ4n) is 2.83. The first-order valence-electron chi connectivity index (χ1n) is 8.41. The summed E-state index contributed by atoms with van der Waals surface area (Å²) < 4.78 is 26.0. The number of rotatable bonds is 5. The van der Waals surface area contributed by atoms with E-state index in [1.165, 1.54) is 6.07 Å².